The van der Waals surface area contributed by atoms with Gasteiger partial charge in [-0.05, 0) is 24.6 Å². The number of hydrogen-bond donors (Lipinski definition) is 0. The van der Waals surface area contributed by atoms with Gasteiger partial charge in [0.05, 0.1) is 0 Å². The third-order valence-corrected chi connectivity index (χ3v) is 5.32. The Morgan fingerprint density at radius 2 is 1.81 bits per heavy atom. The summed E-state index contributed by atoms with van der Waals surface area (Å²) in [5, 5.41) is -0.954. The van der Waals surface area contributed by atoms with Crippen LogP contribution in [-0.4, -0.2) is 66.8 Å². The van der Waals surface area contributed by atoms with Crippen LogP contribution in [0.1, 0.15) is 12.5 Å². The van der Waals surface area contributed by atoms with E-state index in [4.69, 9.17) is 0 Å². The number of hydrogen-bond acceptors (Lipinski definition) is 5. The van der Waals surface area contributed by atoms with Crippen LogP contribution in [0.4, 0.5) is 0 Å². The van der Waals surface area contributed by atoms with Gasteiger partial charge in [0.25, 0.3) is 0 Å². The lowest BCUT2D eigenvalue weighted by Crippen LogP contribution is -2.51. The van der Waals surface area contributed by atoms with Gasteiger partial charge in [-0.15, -0.1) is 0 Å². The van der Waals surface area contributed by atoms with Gasteiger partial charge in [0, 0.05) is 51.4 Å². The summed E-state index contributed by atoms with van der Waals surface area (Å²) in [7, 11) is -3.33. The van der Waals surface area contributed by atoms with E-state index in [-0.39, 0.29) is 5.91 Å². The molecular formula is C14H21N3O3S. The van der Waals surface area contributed by atoms with Crippen LogP contribution in [0.2, 0.25) is 0 Å². The van der Waals surface area contributed by atoms with Gasteiger partial charge in [-0.2, -0.15) is 0 Å². The van der Waals surface area contributed by atoms with Crippen molar-refractivity contribution in [3.63, 3.8) is 0 Å². The van der Waals surface area contributed by atoms with Crippen molar-refractivity contribution in [3.8, 4) is 0 Å². The van der Waals surface area contributed by atoms with Crippen molar-refractivity contribution >= 4 is 15.7 Å². The minimum atomic E-state index is -3.33. The SMILES string of the molecule is C[C@H](C(=O)N1CCN(Cc2ccncc2)CC1)S(C)(=O)=O. The highest BCUT2D eigenvalue weighted by atomic mass is 32.2. The monoisotopic (exact) mass is 311 g/mol. The third-order valence-electron chi connectivity index (χ3n) is 3.83. The van der Waals surface area contributed by atoms with Gasteiger partial charge >= 0.3 is 0 Å². The Morgan fingerprint density at radius 1 is 1.24 bits per heavy atom. The quantitative estimate of drug-likeness (QED) is 0.792. The van der Waals surface area contributed by atoms with E-state index in [1.54, 1.807) is 17.3 Å². The first-order valence-electron chi connectivity index (χ1n) is 6.97. The molecule has 0 aromatic carbocycles. The molecule has 0 radical (unpaired) electrons. The van der Waals surface area contributed by atoms with E-state index < -0.39 is 15.1 Å². The first kappa shape index (κ1) is 15.9. The van der Waals surface area contributed by atoms with Crippen LogP contribution in [0.15, 0.2) is 24.5 Å². The molecule has 1 amide bonds. The summed E-state index contributed by atoms with van der Waals surface area (Å²) in [4.78, 5) is 20.0. The van der Waals surface area contributed by atoms with Gasteiger partial charge in [0.1, 0.15) is 5.25 Å². The van der Waals surface area contributed by atoms with Gasteiger partial charge in [-0.3, -0.25) is 14.7 Å². The average Bonchev–Trinajstić information content (AvgIpc) is 2.46. The Bertz CT molecular complexity index is 581. The minimum Gasteiger partial charge on any atom is -0.339 e. The number of piperazine rings is 1. The molecule has 1 aromatic rings. The molecule has 1 saturated heterocycles. The predicted octanol–water partition coefficient (Wildman–Crippen LogP) is 0.159. The summed E-state index contributed by atoms with van der Waals surface area (Å²) in [6.07, 6.45) is 4.64. The molecular weight excluding hydrogens is 290 g/mol. The maximum atomic E-state index is 12.1. The molecule has 116 valence electrons. The van der Waals surface area contributed by atoms with Crippen molar-refractivity contribution in [2.45, 2.75) is 18.7 Å². The van der Waals surface area contributed by atoms with Crippen molar-refractivity contribution in [1.29, 1.82) is 0 Å². The molecule has 2 heterocycles. The highest BCUT2D eigenvalue weighted by Gasteiger charge is 2.30. The van der Waals surface area contributed by atoms with Gasteiger partial charge in [0.15, 0.2) is 9.84 Å². The molecule has 6 nitrogen and oxygen atoms in total. The number of pyridine rings is 1. The van der Waals surface area contributed by atoms with Crippen molar-refractivity contribution in [1.82, 2.24) is 14.8 Å². The summed E-state index contributed by atoms with van der Waals surface area (Å²) in [5.41, 5.74) is 1.19. The van der Waals surface area contributed by atoms with Crippen molar-refractivity contribution < 1.29 is 13.2 Å². The molecule has 2 rings (SSSR count). The van der Waals surface area contributed by atoms with E-state index in [2.05, 4.69) is 9.88 Å². The molecule has 0 N–H and O–H groups in total. The van der Waals surface area contributed by atoms with E-state index >= 15 is 0 Å². The summed E-state index contributed by atoms with van der Waals surface area (Å²) in [5.74, 6) is -0.291. The number of nitrogens with zero attached hydrogens (tertiary/aromatic N) is 3. The smallest absolute Gasteiger partial charge is 0.240 e. The molecule has 0 aliphatic carbocycles. The van der Waals surface area contributed by atoms with E-state index in [0.29, 0.717) is 13.1 Å². The largest absolute Gasteiger partial charge is 0.339 e. The van der Waals surface area contributed by atoms with Crippen LogP contribution in [0, 0.1) is 0 Å². The van der Waals surface area contributed by atoms with Crippen LogP contribution >= 0.6 is 0 Å². The number of amides is 1. The van der Waals surface area contributed by atoms with E-state index in [9.17, 15) is 13.2 Å². The molecule has 1 aliphatic rings. The maximum Gasteiger partial charge on any atom is 0.240 e. The summed E-state index contributed by atoms with van der Waals surface area (Å²) < 4.78 is 22.9. The first-order valence-corrected chi connectivity index (χ1v) is 8.92. The molecule has 1 aromatic heterocycles. The highest BCUT2D eigenvalue weighted by Crippen LogP contribution is 2.11. The average molecular weight is 311 g/mol. The molecule has 7 heteroatoms. The number of rotatable bonds is 4. The number of carbonyl (C=O) groups is 1. The second kappa shape index (κ2) is 6.53. The van der Waals surface area contributed by atoms with Crippen LogP contribution in [0.5, 0.6) is 0 Å². The van der Waals surface area contributed by atoms with Crippen LogP contribution in [0.25, 0.3) is 0 Å². The Morgan fingerprint density at radius 3 is 2.33 bits per heavy atom. The Kier molecular flexibility index (Phi) is 4.95. The van der Waals surface area contributed by atoms with E-state index in [1.165, 1.54) is 12.5 Å². The van der Waals surface area contributed by atoms with Crippen molar-refractivity contribution in [3.05, 3.63) is 30.1 Å². The Balaban J connectivity index is 1.87. The zero-order valence-electron chi connectivity index (χ0n) is 12.4. The fraction of sp³-hybridized carbons (Fsp3) is 0.571. The van der Waals surface area contributed by atoms with Gasteiger partial charge in [-0.25, -0.2) is 8.42 Å². The van der Waals surface area contributed by atoms with Crippen molar-refractivity contribution in [2.24, 2.45) is 0 Å². The fourth-order valence-electron chi connectivity index (χ4n) is 2.31. The first-order chi connectivity index (χ1) is 9.88. The fourth-order valence-corrected chi connectivity index (χ4v) is 2.83. The van der Waals surface area contributed by atoms with Crippen molar-refractivity contribution in [2.75, 3.05) is 32.4 Å². The van der Waals surface area contributed by atoms with E-state index in [0.717, 1.165) is 25.9 Å². The lowest BCUT2D eigenvalue weighted by molar-refractivity contribution is -0.132. The topological polar surface area (TPSA) is 70.6 Å². The van der Waals surface area contributed by atoms with E-state index in [1.807, 2.05) is 12.1 Å². The van der Waals surface area contributed by atoms with Gasteiger partial charge in [0.2, 0.25) is 5.91 Å². The van der Waals surface area contributed by atoms with Crippen LogP contribution in [0.3, 0.4) is 0 Å². The zero-order valence-corrected chi connectivity index (χ0v) is 13.2. The molecule has 0 bridgehead atoms. The molecule has 1 atom stereocenters. The standard InChI is InChI=1S/C14H21N3O3S/c1-12(21(2,19)20)14(18)17-9-7-16(8-10-17)11-13-3-5-15-6-4-13/h3-6,12H,7-11H2,1-2H3/t12-/m1/s1. The normalized spacial score (nSPS) is 18.5. The Labute approximate surface area is 125 Å². The second-order valence-electron chi connectivity index (χ2n) is 5.43. The van der Waals surface area contributed by atoms with Gasteiger partial charge < -0.3 is 4.90 Å². The molecule has 1 fully saturated rings. The third kappa shape index (κ3) is 4.25. The second-order valence-corrected chi connectivity index (χ2v) is 7.79. The van der Waals surface area contributed by atoms with Crippen LogP contribution < -0.4 is 0 Å². The number of carbonyl (C=O) groups excluding carboxylic acids is 1. The number of aromatic nitrogens is 1. The zero-order chi connectivity index (χ0) is 15.5. The summed E-state index contributed by atoms with van der Waals surface area (Å²) in [6.45, 7) is 4.94. The molecule has 0 unspecified atom stereocenters. The number of sulfone groups is 1. The van der Waals surface area contributed by atoms with Gasteiger partial charge in [-0.1, -0.05) is 0 Å². The highest BCUT2D eigenvalue weighted by molar-refractivity contribution is 7.92. The predicted molar refractivity (Wildman–Crippen MR) is 80.4 cm³/mol. The summed E-state index contributed by atoms with van der Waals surface area (Å²) in [6, 6.07) is 3.95. The molecule has 0 spiro atoms. The lowest BCUT2D eigenvalue weighted by atomic mass is 10.2. The maximum absolute atomic E-state index is 12.1. The minimum absolute atomic E-state index is 0.291. The molecule has 0 saturated carbocycles. The molecule has 21 heavy (non-hydrogen) atoms. The molecule has 1 aliphatic heterocycles. The van der Waals surface area contributed by atoms with Crippen LogP contribution in [-0.2, 0) is 21.2 Å². The Hall–Kier alpha value is -1.47. The summed E-state index contributed by atoms with van der Waals surface area (Å²) >= 11 is 0. The lowest BCUT2D eigenvalue weighted by Gasteiger charge is -2.35.